The van der Waals surface area contributed by atoms with Gasteiger partial charge in [0.05, 0.1) is 0 Å². The van der Waals surface area contributed by atoms with Gasteiger partial charge in [0.15, 0.2) is 0 Å². The lowest BCUT2D eigenvalue weighted by Crippen LogP contribution is -1.82. The first-order valence-corrected chi connectivity index (χ1v) is 5.50. The molecule has 0 aliphatic rings. The predicted molar refractivity (Wildman–Crippen MR) is 62.0 cm³/mol. The average Bonchev–Trinajstić information content (AvgIpc) is 2.59. The first kappa shape index (κ1) is 10.1. The van der Waals surface area contributed by atoms with Crippen LogP contribution in [0.1, 0.15) is 10.6 Å². The van der Waals surface area contributed by atoms with E-state index >= 15 is 0 Å². The first-order chi connectivity index (χ1) is 7.20. The Labute approximate surface area is 96.8 Å². The molecular formula is C10H7N3S2. The number of rotatable bonds is 1. The van der Waals surface area contributed by atoms with Gasteiger partial charge in [-0.15, -0.1) is 24.0 Å². The molecule has 3 nitrogen and oxygen atoms in total. The van der Waals surface area contributed by atoms with E-state index in [2.05, 4.69) is 22.6 Å². The van der Waals surface area contributed by atoms with E-state index in [0.717, 1.165) is 20.5 Å². The molecule has 0 saturated heterocycles. The van der Waals surface area contributed by atoms with Crippen LogP contribution in [0.15, 0.2) is 23.4 Å². The summed E-state index contributed by atoms with van der Waals surface area (Å²) in [5.74, 6) is 0. The number of aromatic nitrogens is 2. The average molecular weight is 233 g/mol. The Bertz CT molecular complexity index is 503. The quantitative estimate of drug-likeness (QED) is 0.770. The summed E-state index contributed by atoms with van der Waals surface area (Å²) in [6.45, 7) is 1.97. The van der Waals surface area contributed by atoms with Crippen molar-refractivity contribution in [2.45, 2.75) is 11.9 Å². The molecule has 0 radical (unpaired) electrons. The first-order valence-electron chi connectivity index (χ1n) is 4.23. The Hall–Kier alpha value is -1.38. The Morgan fingerprint density at radius 1 is 1.47 bits per heavy atom. The summed E-state index contributed by atoms with van der Waals surface area (Å²) in [6, 6.07) is 5.51. The highest BCUT2D eigenvalue weighted by Crippen LogP contribution is 2.28. The summed E-state index contributed by atoms with van der Waals surface area (Å²) in [6.07, 6.45) is 1.66. The Balaban J connectivity index is 2.42. The lowest BCUT2D eigenvalue weighted by molar-refractivity contribution is 1.17. The van der Waals surface area contributed by atoms with Gasteiger partial charge in [0.2, 0.25) is 0 Å². The highest BCUT2D eigenvalue weighted by atomic mass is 32.1. The zero-order valence-electron chi connectivity index (χ0n) is 7.93. The van der Waals surface area contributed by atoms with Crippen LogP contribution in [0, 0.1) is 18.3 Å². The number of nitriles is 1. The van der Waals surface area contributed by atoms with Gasteiger partial charge in [0.1, 0.15) is 21.8 Å². The molecule has 15 heavy (non-hydrogen) atoms. The zero-order chi connectivity index (χ0) is 10.8. The van der Waals surface area contributed by atoms with Gasteiger partial charge in [-0.05, 0) is 19.1 Å². The van der Waals surface area contributed by atoms with Crippen LogP contribution in [-0.2, 0) is 0 Å². The second-order valence-electron chi connectivity index (χ2n) is 2.94. The molecule has 0 N–H and O–H groups in total. The molecule has 2 heterocycles. The van der Waals surface area contributed by atoms with Crippen LogP contribution >= 0.6 is 24.0 Å². The van der Waals surface area contributed by atoms with Crippen molar-refractivity contribution in [1.29, 1.82) is 5.26 Å². The normalized spacial score (nSPS) is 9.93. The van der Waals surface area contributed by atoms with Crippen molar-refractivity contribution in [1.82, 2.24) is 9.97 Å². The van der Waals surface area contributed by atoms with Gasteiger partial charge in [-0.3, -0.25) is 0 Å². The minimum absolute atomic E-state index is 0.415. The molecule has 0 unspecified atom stereocenters. The van der Waals surface area contributed by atoms with E-state index < -0.39 is 0 Å². The fourth-order valence-corrected chi connectivity index (χ4v) is 2.21. The van der Waals surface area contributed by atoms with Crippen molar-refractivity contribution < 1.29 is 0 Å². The van der Waals surface area contributed by atoms with Crippen LogP contribution in [0.3, 0.4) is 0 Å². The molecule has 0 aliphatic carbocycles. The van der Waals surface area contributed by atoms with Gasteiger partial charge in [-0.2, -0.15) is 5.26 Å². The monoisotopic (exact) mass is 233 g/mol. The lowest BCUT2D eigenvalue weighted by atomic mass is 10.3. The molecule has 0 spiro atoms. The highest BCUT2D eigenvalue weighted by Gasteiger charge is 2.06. The van der Waals surface area contributed by atoms with E-state index in [1.165, 1.54) is 0 Å². The number of pyridine rings is 1. The molecular weight excluding hydrogens is 226 g/mol. The van der Waals surface area contributed by atoms with E-state index in [-0.39, 0.29) is 0 Å². The number of hydrogen-bond acceptors (Lipinski definition) is 5. The van der Waals surface area contributed by atoms with Crippen molar-refractivity contribution in [3.8, 4) is 16.6 Å². The van der Waals surface area contributed by atoms with E-state index in [0.29, 0.717) is 5.69 Å². The standard InChI is InChI=1S/C10H7N3S2/c1-6-9(14)13-10(15-6)7-2-3-8(4-11)12-5-7/h2-3,5,14H,1H3. The van der Waals surface area contributed by atoms with Gasteiger partial charge in [-0.25, -0.2) is 9.97 Å². The van der Waals surface area contributed by atoms with Crippen molar-refractivity contribution in [3.63, 3.8) is 0 Å². The maximum absolute atomic E-state index is 8.61. The van der Waals surface area contributed by atoms with Gasteiger partial charge < -0.3 is 0 Å². The summed E-state index contributed by atoms with van der Waals surface area (Å²) >= 11 is 5.80. The van der Waals surface area contributed by atoms with Crippen LogP contribution in [0.25, 0.3) is 10.6 Å². The van der Waals surface area contributed by atoms with E-state index in [1.807, 2.05) is 19.1 Å². The largest absolute Gasteiger partial charge is 0.245 e. The second kappa shape index (κ2) is 4.01. The topological polar surface area (TPSA) is 49.6 Å². The number of aryl methyl sites for hydroxylation is 1. The molecule has 0 aromatic carbocycles. The van der Waals surface area contributed by atoms with Crippen molar-refractivity contribution >= 4 is 24.0 Å². The summed E-state index contributed by atoms with van der Waals surface area (Å²) in [4.78, 5) is 9.37. The van der Waals surface area contributed by atoms with Crippen LogP contribution in [0.2, 0.25) is 0 Å². The third-order valence-electron chi connectivity index (χ3n) is 1.90. The van der Waals surface area contributed by atoms with E-state index in [4.69, 9.17) is 5.26 Å². The maximum atomic E-state index is 8.61. The van der Waals surface area contributed by atoms with Gasteiger partial charge in [0, 0.05) is 16.6 Å². The molecule has 0 amide bonds. The smallest absolute Gasteiger partial charge is 0.140 e. The zero-order valence-corrected chi connectivity index (χ0v) is 9.64. The molecule has 0 aliphatic heterocycles. The third kappa shape index (κ3) is 2.01. The van der Waals surface area contributed by atoms with E-state index in [9.17, 15) is 0 Å². The van der Waals surface area contributed by atoms with Crippen molar-refractivity contribution in [3.05, 3.63) is 28.9 Å². The summed E-state index contributed by atoms with van der Waals surface area (Å²) in [5, 5.41) is 10.2. The van der Waals surface area contributed by atoms with Crippen LogP contribution in [0.5, 0.6) is 0 Å². The van der Waals surface area contributed by atoms with Crippen molar-refractivity contribution in [2.75, 3.05) is 0 Å². The fraction of sp³-hybridized carbons (Fsp3) is 0.100. The van der Waals surface area contributed by atoms with Gasteiger partial charge in [0.25, 0.3) is 0 Å². The molecule has 2 rings (SSSR count). The Morgan fingerprint density at radius 2 is 2.27 bits per heavy atom. The van der Waals surface area contributed by atoms with Crippen molar-refractivity contribution in [2.24, 2.45) is 0 Å². The summed E-state index contributed by atoms with van der Waals surface area (Å²) < 4.78 is 0. The van der Waals surface area contributed by atoms with Crippen LogP contribution in [0.4, 0.5) is 0 Å². The lowest BCUT2D eigenvalue weighted by Gasteiger charge is -1.93. The minimum atomic E-state index is 0.415. The highest BCUT2D eigenvalue weighted by molar-refractivity contribution is 7.80. The van der Waals surface area contributed by atoms with Crippen LogP contribution < -0.4 is 0 Å². The number of thiazole rings is 1. The molecule has 2 aromatic heterocycles. The maximum Gasteiger partial charge on any atom is 0.140 e. The number of hydrogen-bond donors (Lipinski definition) is 1. The minimum Gasteiger partial charge on any atom is -0.245 e. The molecule has 2 aromatic rings. The SMILES string of the molecule is Cc1sc(-c2ccc(C#N)nc2)nc1S. The molecule has 0 saturated carbocycles. The predicted octanol–water partition coefficient (Wildman–Crippen LogP) is 2.67. The number of nitrogens with zero attached hydrogens (tertiary/aromatic N) is 3. The fourth-order valence-electron chi connectivity index (χ4n) is 1.10. The van der Waals surface area contributed by atoms with Gasteiger partial charge >= 0.3 is 0 Å². The third-order valence-corrected chi connectivity index (χ3v) is 3.50. The van der Waals surface area contributed by atoms with E-state index in [1.54, 1.807) is 23.6 Å². The van der Waals surface area contributed by atoms with Gasteiger partial charge in [-0.1, -0.05) is 0 Å². The van der Waals surface area contributed by atoms with Crippen LogP contribution in [-0.4, -0.2) is 9.97 Å². The second-order valence-corrected chi connectivity index (χ2v) is 4.57. The Morgan fingerprint density at radius 3 is 2.73 bits per heavy atom. The molecule has 0 atom stereocenters. The molecule has 5 heteroatoms. The molecule has 0 fully saturated rings. The molecule has 74 valence electrons. The molecule has 0 bridgehead atoms. The Kier molecular flexibility index (Phi) is 2.71. The summed E-state index contributed by atoms with van der Waals surface area (Å²) in [7, 11) is 0. The number of thiol groups is 1. The summed E-state index contributed by atoms with van der Waals surface area (Å²) in [5.41, 5.74) is 1.33.